The van der Waals surface area contributed by atoms with Gasteiger partial charge in [-0.05, 0) is 18.1 Å². The number of aromatic nitrogens is 1. The number of nitrogens with one attached hydrogen (secondary N) is 1. The van der Waals surface area contributed by atoms with Gasteiger partial charge in [0.05, 0.1) is 24.2 Å². The van der Waals surface area contributed by atoms with Crippen LogP contribution in [0.3, 0.4) is 0 Å². The third-order valence-electron chi connectivity index (χ3n) is 2.96. The molecule has 2 amide bonds. The van der Waals surface area contributed by atoms with E-state index in [9.17, 15) is 9.59 Å². The monoisotopic (exact) mass is 267 g/mol. The molecule has 1 atom stereocenters. The number of rotatable bonds is 3. The fourth-order valence-corrected chi connectivity index (χ4v) is 2.07. The molecule has 5 nitrogen and oxygen atoms in total. The first-order valence-corrected chi connectivity index (χ1v) is 6.17. The lowest BCUT2D eigenvalue weighted by molar-refractivity contribution is -0.150. The Morgan fingerprint density at radius 3 is 3.00 bits per heavy atom. The SMILES string of the molecule is CCC1NCC(=O)N(Cc2ccncc2Cl)C1=O. The molecule has 1 saturated heterocycles. The molecule has 1 unspecified atom stereocenters. The third kappa shape index (κ3) is 2.52. The van der Waals surface area contributed by atoms with E-state index in [1.807, 2.05) is 6.92 Å². The van der Waals surface area contributed by atoms with Crippen molar-refractivity contribution < 1.29 is 9.59 Å². The standard InChI is InChI=1S/C12H14ClN3O2/c1-2-10-12(18)16(11(17)6-15-10)7-8-3-4-14-5-9(8)13/h3-5,10,15H,2,6-7H2,1H3. The van der Waals surface area contributed by atoms with Crippen LogP contribution >= 0.6 is 11.6 Å². The summed E-state index contributed by atoms with van der Waals surface area (Å²) in [6, 6.07) is 1.43. The van der Waals surface area contributed by atoms with Gasteiger partial charge in [0.15, 0.2) is 0 Å². The molecule has 1 aromatic heterocycles. The quantitative estimate of drug-likeness (QED) is 0.829. The van der Waals surface area contributed by atoms with Crippen LogP contribution in [0.25, 0.3) is 0 Å². The Balaban J connectivity index is 2.18. The van der Waals surface area contributed by atoms with E-state index >= 15 is 0 Å². The Bertz CT molecular complexity index is 478. The topological polar surface area (TPSA) is 62.3 Å². The molecular weight excluding hydrogens is 254 g/mol. The van der Waals surface area contributed by atoms with Crippen LogP contribution in [0.4, 0.5) is 0 Å². The molecule has 2 rings (SSSR count). The van der Waals surface area contributed by atoms with E-state index in [1.165, 1.54) is 11.1 Å². The fourth-order valence-electron chi connectivity index (χ4n) is 1.89. The molecule has 96 valence electrons. The van der Waals surface area contributed by atoms with Gasteiger partial charge >= 0.3 is 0 Å². The van der Waals surface area contributed by atoms with Crippen LogP contribution in [-0.4, -0.2) is 34.3 Å². The van der Waals surface area contributed by atoms with E-state index in [0.29, 0.717) is 11.4 Å². The van der Waals surface area contributed by atoms with Gasteiger partial charge in [-0.3, -0.25) is 24.8 Å². The molecule has 0 bridgehead atoms. The molecular formula is C12H14ClN3O2. The van der Waals surface area contributed by atoms with Crippen LogP contribution in [0.1, 0.15) is 18.9 Å². The first-order valence-electron chi connectivity index (χ1n) is 5.79. The van der Waals surface area contributed by atoms with Crippen molar-refractivity contribution in [3.05, 3.63) is 29.0 Å². The maximum absolute atomic E-state index is 12.1. The van der Waals surface area contributed by atoms with Crippen molar-refractivity contribution in [2.24, 2.45) is 0 Å². The summed E-state index contributed by atoms with van der Waals surface area (Å²) in [4.78, 5) is 29.0. The first kappa shape index (κ1) is 13.0. The Hall–Kier alpha value is -1.46. The zero-order valence-electron chi connectivity index (χ0n) is 10.0. The van der Waals surface area contributed by atoms with Gasteiger partial charge in [0.1, 0.15) is 0 Å². The van der Waals surface area contributed by atoms with Gasteiger partial charge in [0.2, 0.25) is 11.8 Å². The van der Waals surface area contributed by atoms with Gasteiger partial charge in [-0.2, -0.15) is 0 Å². The van der Waals surface area contributed by atoms with Crippen LogP contribution in [0.15, 0.2) is 18.5 Å². The minimum atomic E-state index is -0.289. The maximum Gasteiger partial charge on any atom is 0.246 e. The van der Waals surface area contributed by atoms with E-state index in [1.54, 1.807) is 12.3 Å². The van der Waals surface area contributed by atoms with E-state index < -0.39 is 0 Å². The molecule has 0 radical (unpaired) electrons. The number of piperazine rings is 1. The molecule has 1 aliphatic heterocycles. The lowest BCUT2D eigenvalue weighted by Gasteiger charge is -2.31. The Kier molecular flexibility index (Phi) is 3.93. The van der Waals surface area contributed by atoms with Gasteiger partial charge in [-0.15, -0.1) is 0 Å². The molecule has 0 spiro atoms. The Morgan fingerprint density at radius 2 is 2.33 bits per heavy atom. The second-order valence-electron chi connectivity index (χ2n) is 4.13. The summed E-state index contributed by atoms with van der Waals surface area (Å²) < 4.78 is 0. The predicted octanol–water partition coefficient (Wildman–Crippen LogP) is 0.972. The smallest absolute Gasteiger partial charge is 0.246 e. The number of halogens is 1. The summed E-state index contributed by atoms with van der Waals surface area (Å²) in [5, 5.41) is 3.38. The minimum absolute atomic E-state index is 0.187. The van der Waals surface area contributed by atoms with Crippen molar-refractivity contribution in [2.75, 3.05) is 6.54 Å². The van der Waals surface area contributed by atoms with E-state index in [4.69, 9.17) is 11.6 Å². The van der Waals surface area contributed by atoms with Crippen molar-refractivity contribution in [3.8, 4) is 0 Å². The van der Waals surface area contributed by atoms with E-state index in [0.717, 1.165) is 5.56 Å². The summed E-state index contributed by atoms with van der Waals surface area (Å²) in [6.45, 7) is 2.30. The van der Waals surface area contributed by atoms with E-state index in [-0.39, 0.29) is 30.9 Å². The van der Waals surface area contributed by atoms with Crippen molar-refractivity contribution in [1.29, 1.82) is 0 Å². The molecule has 0 aromatic carbocycles. The van der Waals surface area contributed by atoms with Gasteiger partial charge < -0.3 is 0 Å². The maximum atomic E-state index is 12.1. The van der Waals surface area contributed by atoms with E-state index in [2.05, 4.69) is 10.3 Å². The van der Waals surface area contributed by atoms with Gasteiger partial charge in [-0.1, -0.05) is 18.5 Å². The highest BCUT2D eigenvalue weighted by Crippen LogP contribution is 2.17. The van der Waals surface area contributed by atoms with Crippen LogP contribution in [-0.2, 0) is 16.1 Å². The summed E-state index contributed by atoms with van der Waals surface area (Å²) in [5.74, 6) is -0.417. The fraction of sp³-hybridized carbons (Fsp3) is 0.417. The molecule has 1 aromatic rings. The highest BCUT2D eigenvalue weighted by molar-refractivity contribution is 6.31. The summed E-state index contributed by atoms with van der Waals surface area (Å²) in [5.41, 5.74) is 0.727. The summed E-state index contributed by atoms with van der Waals surface area (Å²) in [7, 11) is 0. The molecule has 6 heteroatoms. The van der Waals surface area contributed by atoms with Gasteiger partial charge in [0, 0.05) is 12.4 Å². The highest BCUT2D eigenvalue weighted by Gasteiger charge is 2.32. The Labute approximate surface area is 110 Å². The predicted molar refractivity (Wildman–Crippen MR) is 66.9 cm³/mol. The number of amides is 2. The summed E-state index contributed by atoms with van der Waals surface area (Å²) >= 11 is 5.98. The average molecular weight is 268 g/mol. The molecule has 0 aliphatic carbocycles. The van der Waals surface area contributed by atoms with Crippen molar-refractivity contribution >= 4 is 23.4 Å². The summed E-state index contributed by atoms with van der Waals surface area (Å²) in [6.07, 6.45) is 3.76. The number of imide groups is 1. The van der Waals surface area contributed by atoms with Crippen molar-refractivity contribution in [1.82, 2.24) is 15.2 Å². The largest absolute Gasteiger partial charge is 0.297 e. The number of pyridine rings is 1. The number of hydrogen-bond acceptors (Lipinski definition) is 4. The molecule has 0 saturated carbocycles. The van der Waals surface area contributed by atoms with Crippen molar-refractivity contribution in [3.63, 3.8) is 0 Å². The van der Waals surface area contributed by atoms with Crippen LogP contribution in [0.2, 0.25) is 5.02 Å². The molecule has 18 heavy (non-hydrogen) atoms. The normalized spacial score (nSPS) is 20.3. The molecule has 1 fully saturated rings. The molecule has 1 aliphatic rings. The highest BCUT2D eigenvalue weighted by atomic mass is 35.5. The van der Waals surface area contributed by atoms with Crippen molar-refractivity contribution in [2.45, 2.75) is 25.9 Å². The molecule has 1 N–H and O–H groups in total. The second kappa shape index (κ2) is 5.46. The lowest BCUT2D eigenvalue weighted by atomic mass is 10.1. The van der Waals surface area contributed by atoms with Gasteiger partial charge in [-0.25, -0.2) is 0 Å². The van der Waals surface area contributed by atoms with Gasteiger partial charge in [0.25, 0.3) is 0 Å². The van der Waals surface area contributed by atoms with Crippen LogP contribution in [0.5, 0.6) is 0 Å². The Morgan fingerprint density at radius 1 is 1.56 bits per heavy atom. The van der Waals surface area contributed by atoms with Crippen LogP contribution in [0, 0.1) is 0 Å². The lowest BCUT2D eigenvalue weighted by Crippen LogP contribution is -2.57. The average Bonchev–Trinajstić information content (AvgIpc) is 2.37. The number of hydrogen-bond donors (Lipinski definition) is 1. The zero-order chi connectivity index (χ0) is 13.1. The van der Waals surface area contributed by atoms with Crippen LogP contribution < -0.4 is 5.32 Å². The molecule has 2 heterocycles. The number of carbonyl (C=O) groups is 2. The third-order valence-corrected chi connectivity index (χ3v) is 3.30. The minimum Gasteiger partial charge on any atom is -0.297 e. The number of nitrogens with zero attached hydrogens (tertiary/aromatic N) is 2. The number of carbonyl (C=O) groups excluding carboxylic acids is 2. The first-order chi connectivity index (χ1) is 8.63. The second-order valence-corrected chi connectivity index (χ2v) is 4.53. The zero-order valence-corrected chi connectivity index (χ0v) is 10.8.